The van der Waals surface area contributed by atoms with Crippen molar-refractivity contribution in [2.75, 3.05) is 0 Å². The topological polar surface area (TPSA) is 72.6 Å². The van der Waals surface area contributed by atoms with Crippen molar-refractivity contribution in [3.05, 3.63) is 68.2 Å². The molecule has 0 heterocycles. The molecule has 0 atom stereocenters. The normalized spacial score (nSPS) is 10.3. The SMILES string of the molecule is O=[N+]([O-])c1ccc(OCc2ccc(Br)cc2)c(CO)c1. The van der Waals surface area contributed by atoms with Crippen molar-refractivity contribution in [1.29, 1.82) is 0 Å². The largest absolute Gasteiger partial charge is 0.489 e. The summed E-state index contributed by atoms with van der Waals surface area (Å²) in [4.78, 5) is 10.2. The lowest BCUT2D eigenvalue weighted by atomic mass is 10.2. The fourth-order valence-electron chi connectivity index (χ4n) is 1.69. The molecule has 0 bridgehead atoms. The molecule has 0 unspecified atom stereocenters. The van der Waals surface area contributed by atoms with Crippen LogP contribution in [0.15, 0.2) is 46.9 Å². The molecule has 0 aliphatic carbocycles. The molecule has 0 fully saturated rings. The van der Waals surface area contributed by atoms with Crippen LogP contribution >= 0.6 is 15.9 Å². The predicted octanol–water partition coefficient (Wildman–Crippen LogP) is 3.43. The quantitative estimate of drug-likeness (QED) is 0.670. The summed E-state index contributed by atoms with van der Waals surface area (Å²) in [5.74, 6) is 0.445. The Balaban J connectivity index is 2.12. The molecule has 2 aromatic carbocycles. The van der Waals surface area contributed by atoms with E-state index >= 15 is 0 Å². The molecule has 2 aromatic rings. The first kappa shape index (κ1) is 14.5. The second-order valence-corrected chi connectivity index (χ2v) is 5.04. The van der Waals surface area contributed by atoms with Gasteiger partial charge in [-0.05, 0) is 23.8 Å². The van der Waals surface area contributed by atoms with E-state index in [1.807, 2.05) is 24.3 Å². The zero-order valence-corrected chi connectivity index (χ0v) is 12.0. The Labute approximate surface area is 124 Å². The smallest absolute Gasteiger partial charge is 0.270 e. The lowest BCUT2D eigenvalue weighted by Gasteiger charge is -2.10. The number of halogens is 1. The molecular weight excluding hydrogens is 326 g/mol. The minimum atomic E-state index is -0.502. The van der Waals surface area contributed by atoms with Crippen LogP contribution in [-0.2, 0) is 13.2 Å². The Morgan fingerprint density at radius 1 is 1.20 bits per heavy atom. The number of benzene rings is 2. The zero-order chi connectivity index (χ0) is 14.5. The Morgan fingerprint density at radius 3 is 2.50 bits per heavy atom. The molecule has 0 radical (unpaired) electrons. The molecule has 0 saturated heterocycles. The Bertz CT molecular complexity index is 613. The molecule has 104 valence electrons. The summed E-state index contributed by atoms with van der Waals surface area (Å²) in [6, 6.07) is 11.8. The number of nitro groups is 1. The van der Waals surface area contributed by atoms with Crippen molar-refractivity contribution < 1.29 is 14.8 Å². The van der Waals surface area contributed by atoms with Gasteiger partial charge in [0.2, 0.25) is 0 Å². The minimum Gasteiger partial charge on any atom is -0.489 e. The van der Waals surface area contributed by atoms with Gasteiger partial charge in [0, 0.05) is 22.2 Å². The Hall–Kier alpha value is -1.92. The van der Waals surface area contributed by atoms with Gasteiger partial charge in [-0.25, -0.2) is 0 Å². The highest BCUT2D eigenvalue weighted by molar-refractivity contribution is 9.10. The number of rotatable bonds is 5. The van der Waals surface area contributed by atoms with E-state index in [2.05, 4.69) is 15.9 Å². The van der Waals surface area contributed by atoms with Gasteiger partial charge in [0.15, 0.2) is 0 Å². The highest BCUT2D eigenvalue weighted by Gasteiger charge is 2.11. The summed E-state index contributed by atoms with van der Waals surface area (Å²) in [7, 11) is 0. The minimum absolute atomic E-state index is 0.0648. The molecule has 0 aliphatic heterocycles. The molecule has 2 rings (SSSR count). The maximum absolute atomic E-state index is 10.7. The predicted molar refractivity (Wildman–Crippen MR) is 77.5 cm³/mol. The molecule has 0 aliphatic rings. The summed E-state index contributed by atoms with van der Waals surface area (Å²) < 4.78 is 6.57. The van der Waals surface area contributed by atoms with Gasteiger partial charge in [-0.15, -0.1) is 0 Å². The van der Waals surface area contributed by atoms with Crippen molar-refractivity contribution in [3.63, 3.8) is 0 Å². The lowest BCUT2D eigenvalue weighted by Crippen LogP contribution is -2.00. The van der Waals surface area contributed by atoms with E-state index in [-0.39, 0.29) is 12.3 Å². The highest BCUT2D eigenvalue weighted by atomic mass is 79.9. The molecule has 0 aromatic heterocycles. The Morgan fingerprint density at radius 2 is 1.90 bits per heavy atom. The number of non-ortho nitro benzene ring substituents is 1. The van der Waals surface area contributed by atoms with E-state index < -0.39 is 4.92 Å². The van der Waals surface area contributed by atoms with Gasteiger partial charge in [-0.2, -0.15) is 0 Å². The maximum Gasteiger partial charge on any atom is 0.270 e. The van der Waals surface area contributed by atoms with Crippen LogP contribution in [0, 0.1) is 10.1 Å². The van der Waals surface area contributed by atoms with Crippen molar-refractivity contribution in [2.45, 2.75) is 13.2 Å². The van der Waals surface area contributed by atoms with Gasteiger partial charge in [-0.3, -0.25) is 10.1 Å². The number of nitrogens with zero attached hydrogens (tertiary/aromatic N) is 1. The lowest BCUT2D eigenvalue weighted by molar-refractivity contribution is -0.385. The molecule has 6 heteroatoms. The van der Waals surface area contributed by atoms with Crippen LogP contribution < -0.4 is 4.74 Å². The van der Waals surface area contributed by atoms with E-state index in [1.54, 1.807) is 0 Å². The monoisotopic (exact) mass is 337 g/mol. The third-order valence-corrected chi connectivity index (χ3v) is 3.26. The second-order valence-electron chi connectivity index (χ2n) is 4.12. The molecule has 0 saturated carbocycles. The Kier molecular flexibility index (Phi) is 4.70. The van der Waals surface area contributed by atoms with Crippen LogP contribution in [0.2, 0.25) is 0 Å². The van der Waals surface area contributed by atoms with E-state index in [0.29, 0.717) is 17.9 Å². The van der Waals surface area contributed by atoms with Crippen molar-refractivity contribution in [3.8, 4) is 5.75 Å². The molecule has 20 heavy (non-hydrogen) atoms. The van der Waals surface area contributed by atoms with Gasteiger partial charge in [0.25, 0.3) is 5.69 Å². The summed E-state index contributed by atoms with van der Waals surface area (Å²) >= 11 is 3.35. The molecule has 1 N–H and O–H groups in total. The number of hydrogen-bond acceptors (Lipinski definition) is 4. The van der Waals surface area contributed by atoms with E-state index in [9.17, 15) is 15.2 Å². The van der Waals surface area contributed by atoms with Crippen molar-refractivity contribution >= 4 is 21.6 Å². The number of ether oxygens (including phenoxy) is 1. The first-order chi connectivity index (χ1) is 9.60. The number of nitro benzene ring substituents is 1. The molecule has 0 amide bonds. The third-order valence-electron chi connectivity index (χ3n) is 2.73. The van der Waals surface area contributed by atoms with Crippen LogP contribution in [0.5, 0.6) is 5.75 Å². The van der Waals surface area contributed by atoms with Gasteiger partial charge in [0.05, 0.1) is 11.5 Å². The second kappa shape index (κ2) is 6.49. The van der Waals surface area contributed by atoms with Gasteiger partial charge >= 0.3 is 0 Å². The fraction of sp³-hybridized carbons (Fsp3) is 0.143. The number of aliphatic hydroxyl groups excluding tert-OH is 1. The highest BCUT2D eigenvalue weighted by Crippen LogP contribution is 2.25. The van der Waals surface area contributed by atoms with E-state index in [0.717, 1.165) is 10.0 Å². The van der Waals surface area contributed by atoms with E-state index in [1.165, 1.54) is 18.2 Å². The fourth-order valence-corrected chi connectivity index (χ4v) is 1.95. The summed E-state index contributed by atoms with van der Waals surface area (Å²) in [6.45, 7) is 0.0233. The van der Waals surface area contributed by atoms with Crippen LogP contribution in [0.1, 0.15) is 11.1 Å². The maximum atomic E-state index is 10.7. The third kappa shape index (κ3) is 3.55. The van der Waals surface area contributed by atoms with Crippen LogP contribution in [0.25, 0.3) is 0 Å². The van der Waals surface area contributed by atoms with Gasteiger partial charge in [0.1, 0.15) is 12.4 Å². The number of hydrogen-bond donors (Lipinski definition) is 1. The van der Waals surface area contributed by atoms with Crippen LogP contribution in [0.4, 0.5) is 5.69 Å². The average Bonchev–Trinajstić information content (AvgIpc) is 2.46. The first-order valence-corrected chi connectivity index (χ1v) is 6.65. The summed E-state index contributed by atoms with van der Waals surface area (Å²) in [6.07, 6.45) is 0. The number of aliphatic hydroxyl groups is 1. The van der Waals surface area contributed by atoms with Crippen molar-refractivity contribution in [2.24, 2.45) is 0 Å². The van der Waals surface area contributed by atoms with Crippen molar-refractivity contribution in [1.82, 2.24) is 0 Å². The molecule has 0 spiro atoms. The van der Waals surface area contributed by atoms with Gasteiger partial charge < -0.3 is 9.84 Å². The summed E-state index contributed by atoms with van der Waals surface area (Å²) in [5, 5.41) is 19.9. The van der Waals surface area contributed by atoms with E-state index in [4.69, 9.17) is 4.74 Å². The first-order valence-electron chi connectivity index (χ1n) is 5.85. The molecule has 5 nitrogen and oxygen atoms in total. The van der Waals surface area contributed by atoms with Crippen LogP contribution in [0.3, 0.4) is 0 Å². The summed E-state index contributed by atoms with van der Waals surface area (Å²) in [5.41, 5.74) is 1.30. The van der Waals surface area contributed by atoms with Crippen LogP contribution in [-0.4, -0.2) is 10.0 Å². The average molecular weight is 338 g/mol. The standard InChI is InChI=1S/C14H12BrNO4/c15-12-3-1-10(2-4-12)9-20-14-6-5-13(16(18)19)7-11(14)8-17/h1-7,17H,8-9H2. The van der Waals surface area contributed by atoms with Gasteiger partial charge in [-0.1, -0.05) is 28.1 Å². The zero-order valence-electron chi connectivity index (χ0n) is 10.5. The molecular formula is C14H12BrNO4.